The average molecular weight is 356 g/mol. The van der Waals surface area contributed by atoms with E-state index in [1.165, 1.54) is 0 Å². The third kappa shape index (κ3) is 2.97. The van der Waals surface area contributed by atoms with Crippen LogP contribution in [-0.4, -0.2) is 12.1 Å². The van der Waals surface area contributed by atoms with Gasteiger partial charge >= 0.3 is 0 Å². The zero-order chi connectivity index (χ0) is 15.5. The first-order valence-corrected chi connectivity index (χ1v) is 7.60. The molecule has 110 valence electrons. The van der Waals surface area contributed by atoms with Gasteiger partial charge in [0.1, 0.15) is 5.75 Å². The molecule has 2 aromatic carbocycles. The van der Waals surface area contributed by atoms with Crippen LogP contribution in [0.2, 0.25) is 0 Å². The van der Waals surface area contributed by atoms with Crippen molar-refractivity contribution in [1.29, 1.82) is 0 Å². The van der Waals surface area contributed by atoms with Crippen molar-refractivity contribution in [3.8, 4) is 5.75 Å². The van der Waals surface area contributed by atoms with Gasteiger partial charge in [-0.15, -0.1) is 0 Å². The molecule has 3 rings (SSSR count). The van der Waals surface area contributed by atoms with Crippen molar-refractivity contribution in [1.82, 2.24) is 4.98 Å². The van der Waals surface area contributed by atoms with E-state index in [0.717, 1.165) is 27.0 Å². The quantitative estimate of drug-likeness (QED) is 0.752. The molecule has 1 heterocycles. The summed E-state index contributed by atoms with van der Waals surface area (Å²) in [4.78, 5) is 15.3. The van der Waals surface area contributed by atoms with Crippen LogP contribution in [0.15, 0.2) is 57.8 Å². The number of H-pyrrole nitrogens is 1. The number of nitrogens with one attached hydrogen (secondary N) is 1. The van der Waals surface area contributed by atoms with Gasteiger partial charge in [0.25, 0.3) is 0 Å². The van der Waals surface area contributed by atoms with E-state index in [1.807, 2.05) is 54.6 Å². The lowest BCUT2D eigenvalue weighted by atomic mass is 10.1. The first-order chi connectivity index (χ1) is 10.7. The van der Waals surface area contributed by atoms with Crippen LogP contribution in [0.5, 0.6) is 5.75 Å². The molecule has 0 spiro atoms. The summed E-state index contributed by atoms with van der Waals surface area (Å²) >= 11 is 3.46. The Morgan fingerprint density at radius 3 is 2.68 bits per heavy atom. The molecule has 3 aromatic rings. The van der Waals surface area contributed by atoms with Crippen LogP contribution in [0, 0.1) is 0 Å². The molecule has 0 amide bonds. The maximum absolute atomic E-state index is 12.1. The van der Waals surface area contributed by atoms with E-state index in [9.17, 15) is 4.79 Å². The molecule has 0 bridgehead atoms. The molecule has 0 unspecified atom stereocenters. The summed E-state index contributed by atoms with van der Waals surface area (Å²) in [6, 6.07) is 14.9. The molecule has 0 aliphatic carbocycles. The van der Waals surface area contributed by atoms with E-state index in [1.54, 1.807) is 13.2 Å². The van der Waals surface area contributed by atoms with Crippen LogP contribution in [0.25, 0.3) is 23.1 Å². The van der Waals surface area contributed by atoms with Crippen molar-refractivity contribution in [3.05, 3.63) is 74.5 Å². The Morgan fingerprint density at radius 1 is 1.09 bits per heavy atom. The summed E-state index contributed by atoms with van der Waals surface area (Å²) in [6.45, 7) is 0. The van der Waals surface area contributed by atoms with Gasteiger partial charge in [0.05, 0.1) is 11.6 Å². The summed E-state index contributed by atoms with van der Waals surface area (Å²) < 4.78 is 6.10. The third-order valence-corrected chi connectivity index (χ3v) is 4.01. The zero-order valence-corrected chi connectivity index (χ0v) is 13.6. The van der Waals surface area contributed by atoms with Crippen LogP contribution in [0.3, 0.4) is 0 Å². The highest BCUT2D eigenvalue weighted by molar-refractivity contribution is 9.10. The summed E-state index contributed by atoms with van der Waals surface area (Å²) in [5.74, 6) is 0.788. The molecular weight excluding hydrogens is 342 g/mol. The van der Waals surface area contributed by atoms with Crippen molar-refractivity contribution in [2.24, 2.45) is 0 Å². The first kappa shape index (κ1) is 14.6. The molecule has 0 saturated carbocycles. The SMILES string of the molecule is COc1ccc(/C=C/c2cc(=O)c3ccccc3[nH]2)cc1Br. The zero-order valence-electron chi connectivity index (χ0n) is 12.0. The van der Waals surface area contributed by atoms with Crippen molar-refractivity contribution in [2.45, 2.75) is 0 Å². The van der Waals surface area contributed by atoms with Gasteiger partial charge in [-0.2, -0.15) is 0 Å². The molecular formula is C18H14BrNO2. The van der Waals surface area contributed by atoms with E-state index < -0.39 is 0 Å². The smallest absolute Gasteiger partial charge is 0.189 e. The topological polar surface area (TPSA) is 42.1 Å². The number of aromatic nitrogens is 1. The van der Waals surface area contributed by atoms with E-state index in [2.05, 4.69) is 20.9 Å². The molecule has 0 radical (unpaired) electrons. The Morgan fingerprint density at radius 2 is 1.91 bits per heavy atom. The predicted octanol–water partition coefficient (Wildman–Crippen LogP) is 4.47. The second kappa shape index (κ2) is 6.20. The van der Waals surface area contributed by atoms with Gasteiger partial charge in [-0.3, -0.25) is 4.79 Å². The van der Waals surface area contributed by atoms with Crippen LogP contribution < -0.4 is 10.2 Å². The minimum atomic E-state index is 0.0184. The normalized spacial score (nSPS) is 11.2. The van der Waals surface area contributed by atoms with Crippen LogP contribution in [0.4, 0.5) is 0 Å². The maximum Gasteiger partial charge on any atom is 0.189 e. The molecule has 22 heavy (non-hydrogen) atoms. The Balaban J connectivity index is 1.95. The van der Waals surface area contributed by atoms with Gasteiger partial charge in [-0.05, 0) is 51.8 Å². The van der Waals surface area contributed by atoms with Crippen molar-refractivity contribution < 1.29 is 4.74 Å². The van der Waals surface area contributed by atoms with Gasteiger partial charge < -0.3 is 9.72 Å². The highest BCUT2D eigenvalue weighted by atomic mass is 79.9. The van der Waals surface area contributed by atoms with E-state index >= 15 is 0 Å². The summed E-state index contributed by atoms with van der Waals surface area (Å²) in [5, 5.41) is 0.701. The minimum Gasteiger partial charge on any atom is -0.496 e. The first-order valence-electron chi connectivity index (χ1n) is 6.81. The van der Waals surface area contributed by atoms with E-state index in [4.69, 9.17) is 4.74 Å². The largest absolute Gasteiger partial charge is 0.496 e. The number of halogens is 1. The second-order valence-corrected chi connectivity index (χ2v) is 5.72. The van der Waals surface area contributed by atoms with Gasteiger partial charge in [0.15, 0.2) is 5.43 Å². The number of hydrogen-bond donors (Lipinski definition) is 1. The standard InChI is InChI=1S/C18H14BrNO2/c1-22-18-9-7-12(10-15(18)19)6-8-13-11-17(21)14-4-2-3-5-16(14)20-13/h2-11H,1H3,(H,20,21)/b8-6+. The summed E-state index contributed by atoms with van der Waals surface area (Å²) in [7, 11) is 1.63. The lowest BCUT2D eigenvalue weighted by Crippen LogP contribution is -2.02. The number of methoxy groups -OCH3 is 1. The van der Waals surface area contributed by atoms with Gasteiger partial charge in [0.2, 0.25) is 0 Å². The average Bonchev–Trinajstić information content (AvgIpc) is 2.53. The number of benzene rings is 2. The van der Waals surface area contributed by atoms with Gasteiger partial charge in [-0.25, -0.2) is 0 Å². The second-order valence-electron chi connectivity index (χ2n) is 4.86. The fourth-order valence-corrected chi connectivity index (χ4v) is 2.84. The van der Waals surface area contributed by atoms with Gasteiger partial charge in [0, 0.05) is 22.7 Å². The highest BCUT2D eigenvalue weighted by Gasteiger charge is 2.01. The number of ether oxygens (including phenoxy) is 1. The lowest BCUT2D eigenvalue weighted by molar-refractivity contribution is 0.412. The van der Waals surface area contributed by atoms with Crippen LogP contribution >= 0.6 is 15.9 Å². The fourth-order valence-electron chi connectivity index (χ4n) is 2.28. The Kier molecular flexibility index (Phi) is 4.11. The molecule has 0 fully saturated rings. The molecule has 3 nitrogen and oxygen atoms in total. The molecule has 4 heteroatoms. The Labute approximate surface area is 136 Å². The lowest BCUT2D eigenvalue weighted by Gasteiger charge is -2.03. The monoisotopic (exact) mass is 355 g/mol. The predicted molar refractivity (Wildman–Crippen MR) is 94.2 cm³/mol. The number of rotatable bonds is 3. The molecule has 0 aliphatic heterocycles. The number of para-hydroxylation sites is 1. The highest BCUT2D eigenvalue weighted by Crippen LogP contribution is 2.26. The maximum atomic E-state index is 12.1. The minimum absolute atomic E-state index is 0.0184. The van der Waals surface area contributed by atoms with Crippen molar-refractivity contribution >= 4 is 39.0 Å². The number of fused-ring (bicyclic) bond motifs is 1. The summed E-state index contributed by atoms with van der Waals surface area (Å²) in [6.07, 6.45) is 3.84. The van der Waals surface area contributed by atoms with E-state index in [-0.39, 0.29) is 5.43 Å². The molecule has 1 N–H and O–H groups in total. The van der Waals surface area contributed by atoms with Crippen molar-refractivity contribution in [2.75, 3.05) is 7.11 Å². The van der Waals surface area contributed by atoms with Gasteiger partial charge in [-0.1, -0.05) is 24.3 Å². The molecule has 0 aliphatic rings. The Hall–Kier alpha value is -2.33. The molecule has 0 atom stereocenters. The Bertz CT molecular complexity index is 912. The fraction of sp³-hybridized carbons (Fsp3) is 0.0556. The number of pyridine rings is 1. The number of aromatic amines is 1. The van der Waals surface area contributed by atoms with Crippen molar-refractivity contribution in [3.63, 3.8) is 0 Å². The van der Waals surface area contributed by atoms with Crippen LogP contribution in [-0.2, 0) is 0 Å². The number of hydrogen-bond acceptors (Lipinski definition) is 2. The molecule has 1 aromatic heterocycles. The van der Waals surface area contributed by atoms with Crippen LogP contribution in [0.1, 0.15) is 11.3 Å². The third-order valence-electron chi connectivity index (χ3n) is 3.39. The summed E-state index contributed by atoms with van der Waals surface area (Å²) in [5.41, 5.74) is 2.65. The molecule has 0 saturated heterocycles. The van der Waals surface area contributed by atoms with E-state index in [0.29, 0.717) is 5.39 Å².